The van der Waals surface area contributed by atoms with Crippen molar-refractivity contribution in [2.45, 2.75) is 31.4 Å². The number of nitrogens with one attached hydrogen (secondary N) is 1. The van der Waals surface area contributed by atoms with Crippen molar-refractivity contribution in [2.75, 3.05) is 20.1 Å². The second-order valence-corrected chi connectivity index (χ2v) is 5.30. The van der Waals surface area contributed by atoms with Crippen LogP contribution in [0.1, 0.15) is 18.4 Å². The monoisotopic (exact) mass is 296 g/mol. The molecule has 1 amide bonds. The maximum atomic E-state index is 12.6. The van der Waals surface area contributed by atoms with Gasteiger partial charge in [-0.05, 0) is 31.5 Å². The van der Waals surface area contributed by atoms with Crippen LogP contribution in [0.2, 0.25) is 0 Å². The molecule has 1 aromatic rings. The molecule has 4 nitrogen and oxygen atoms in total. The summed E-state index contributed by atoms with van der Waals surface area (Å²) in [6, 6.07) is 8.25. The number of halogens is 1. The molecule has 0 aliphatic carbocycles. The zero-order chi connectivity index (χ0) is 13.2. The molecule has 2 aliphatic rings. The van der Waals surface area contributed by atoms with Crippen LogP contribution in [-0.4, -0.2) is 43.1 Å². The smallest absolute Gasteiger partial charge is 0.264 e. The molecule has 2 atom stereocenters. The van der Waals surface area contributed by atoms with Crippen LogP contribution in [0.4, 0.5) is 0 Å². The van der Waals surface area contributed by atoms with E-state index in [1.807, 2.05) is 36.2 Å². The highest BCUT2D eigenvalue weighted by Crippen LogP contribution is 2.30. The van der Waals surface area contributed by atoms with Gasteiger partial charge < -0.3 is 15.0 Å². The lowest BCUT2D eigenvalue weighted by molar-refractivity contribution is -0.138. The van der Waals surface area contributed by atoms with E-state index in [1.165, 1.54) is 0 Å². The molecular formula is C15H21ClN2O2. The molecule has 0 spiro atoms. The van der Waals surface area contributed by atoms with E-state index in [4.69, 9.17) is 4.74 Å². The van der Waals surface area contributed by atoms with Crippen LogP contribution in [0.15, 0.2) is 24.3 Å². The molecule has 110 valence electrons. The van der Waals surface area contributed by atoms with Gasteiger partial charge >= 0.3 is 0 Å². The summed E-state index contributed by atoms with van der Waals surface area (Å²) in [7, 11) is 1.93. The Morgan fingerprint density at radius 3 is 3.00 bits per heavy atom. The lowest BCUT2D eigenvalue weighted by atomic mass is 10.1. The Hall–Kier alpha value is -1.26. The summed E-state index contributed by atoms with van der Waals surface area (Å²) in [5.41, 5.74) is 1.14. The lowest BCUT2D eigenvalue weighted by Crippen LogP contribution is -2.46. The number of likely N-dealkylation sites (tertiary alicyclic amines) is 1. The Kier molecular flexibility index (Phi) is 4.89. The molecule has 5 heteroatoms. The van der Waals surface area contributed by atoms with Crippen molar-refractivity contribution in [1.82, 2.24) is 10.2 Å². The number of carbonyl (C=O) groups excluding carboxylic acids is 1. The zero-order valence-electron chi connectivity index (χ0n) is 11.7. The number of fused-ring (bicyclic) bond motifs is 1. The predicted molar refractivity (Wildman–Crippen MR) is 80.5 cm³/mol. The number of likely N-dealkylation sites (N-methyl/N-ethyl adjacent to an activating group) is 1. The third-order valence-electron chi connectivity index (χ3n) is 4.02. The quantitative estimate of drug-likeness (QED) is 0.922. The summed E-state index contributed by atoms with van der Waals surface area (Å²) in [5.74, 6) is 1.01. The van der Waals surface area contributed by atoms with Gasteiger partial charge in [0.05, 0.1) is 0 Å². The third-order valence-corrected chi connectivity index (χ3v) is 4.02. The molecule has 1 aromatic carbocycles. The highest BCUT2D eigenvalue weighted by molar-refractivity contribution is 5.85. The summed E-state index contributed by atoms with van der Waals surface area (Å²) < 4.78 is 5.80. The number of carbonyl (C=O) groups is 1. The van der Waals surface area contributed by atoms with E-state index in [-0.39, 0.29) is 24.4 Å². The van der Waals surface area contributed by atoms with Gasteiger partial charge in [-0.3, -0.25) is 4.79 Å². The van der Waals surface area contributed by atoms with Crippen LogP contribution in [0.5, 0.6) is 5.75 Å². The molecule has 20 heavy (non-hydrogen) atoms. The molecule has 3 rings (SSSR count). The van der Waals surface area contributed by atoms with Crippen molar-refractivity contribution >= 4 is 18.3 Å². The van der Waals surface area contributed by atoms with Crippen molar-refractivity contribution in [3.8, 4) is 5.75 Å². The molecular weight excluding hydrogens is 276 g/mol. The van der Waals surface area contributed by atoms with Crippen LogP contribution >= 0.6 is 12.4 Å². The van der Waals surface area contributed by atoms with E-state index in [0.29, 0.717) is 12.5 Å². The Morgan fingerprint density at radius 1 is 1.45 bits per heavy atom. The van der Waals surface area contributed by atoms with Crippen molar-refractivity contribution in [3.63, 3.8) is 0 Å². The first kappa shape index (κ1) is 15.1. The topological polar surface area (TPSA) is 41.6 Å². The number of amides is 1. The number of ether oxygens (including phenoxy) is 1. The van der Waals surface area contributed by atoms with Crippen molar-refractivity contribution in [1.29, 1.82) is 0 Å². The van der Waals surface area contributed by atoms with Crippen molar-refractivity contribution in [2.24, 2.45) is 0 Å². The maximum absolute atomic E-state index is 12.6. The van der Waals surface area contributed by atoms with Crippen LogP contribution in [-0.2, 0) is 11.2 Å². The molecule has 0 bridgehead atoms. The molecule has 0 aromatic heterocycles. The first-order valence-corrected chi connectivity index (χ1v) is 6.99. The largest absolute Gasteiger partial charge is 0.480 e. The number of hydrogen-bond acceptors (Lipinski definition) is 3. The van der Waals surface area contributed by atoms with Crippen molar-refractivity contribution in [3.05, 3.63) is 29.8 Å². The molecule has 1 N–H and O–H groups in total. The van der Waals surface area contributed by atoms with Gasteiger partial charge in [-0.2, -0.15) is 0 Å². The highest BCUT2D eigenvalue weighted by atomic mass is 35.5. The van der Waals surface area contributed by atoms with E-state index < -0.39 is 0 Å². The van der Waals surface area contributed by atoms with E-state index in [2.05, 4.69) is 5.32 Å². The summed E-state index contributed by atoms with van der Waals surface area (Å²) in [6.45, 7) is 1.73. The summed E-state index contributed by atoms with van der Waals surface area (Å²) in [4.78, 5) is 14.6. The Bertz CT molecular complexity index is 456. The van der Waals surface area contributed by atoms with Crippen molar-refractivity contribution < 1.29 is 9.53 Å². The number of para-hydroxylation sites is 1. The third kappa shape index (κ3) is 2.76. The molecule has 2 aliphatic heterocycles. The molecule has 2 heterocycles. The average molecular weight is 297 g/mol. The fraction of sp³-hybridized carbons (Fsp3) is 0.533. The number of nitrogens with zero attached hydrogens (tertiary/aromatic N) is 1. The molecule has 1 fully saturated rings. The van der Waals surface area contributed by atoms with Crippen LogP contribution in [0.3, 0.4) is 0 Å². The summed E-state index contributed by atoms with van der Waals surface area (Å²) >= 11 is 0. The Morgan fingerprint density at radius 2 is 2.25 bits per heavy atom. The number of benzene rings is 1. The van der Waals surface area contributed by atoms with Crippen LogP contribution in [0, 0.1) is 0 Å². The number of hydrogen-bond donors (Lipinski definition) is 1. The second kappa shape index (κ2) is 6.46. The fourth-order valence-corrected chi connectivity index (χ4v) is 3.08. The number of rotatable bonds is 3. The van der Waals surface area contributed by atoms with E-state index in [9.17, 15) is 4.79 Å². The molecule has 0 saturated carbocycles. The van der Waals surface area contributed by atoms with Gasteiger partial charge in [-0.25, -0.2) is 0 Å². The first-order chi connectivity index (χ1) is 9.29. The van der Waals surface area contributed by atoms with Crippen LogP contribution < -0.4 is 10.1 Å². The average Bonchev–Trinajstić information content (AvgIpc) is 3.04. The normalized spacial score (nSPS) is 23.9. The summed E-state index contributed by atoms with van der Waals surface area (Å²) in [5, 5.41) is 3.17. The molecule has 0 radical (unpaired) electrons. The maximum Gasteiger partial charge on any atom is 0.264 e. The van der Waals surface area contributed by atoms with Gasteiger partial charge in [-0.1, -0.05) is 18.2 Å². The van der Waals surface area contributed by atoms with Crippen LogP contribution in [0.25, 0.3) is 0 Å². The minimum atomic E-state index is -0.324. The highest BCUT2D eigenvalue weighted by Gasteiger charge is 2.36. The van der Waals surface area contributed by atoms with E-state index in [0.717, 1.165) is 37.2 Å². The molecule has 1 saturated heterocycles. The fourth-order valence-electron chi connectivity index (χ4n) is 3.08. The zero-order valence-corrected chi connectivity index (χ0v) is 12.5. The van der Waals surface area contributed by atoms with E-state index in [1.54, 1.807) is 0 Å². The predicted octanol–water partition coefficient (Wildman–Crippen LogP) is 1.62. The SMILES string of the molecule is CNCC1CCCN1C(=O)C1Cc2ccccc2O1.Cl. The minimum absolute atomic E-state index is 0. The van der Waals surface area contributed by atoms with Gasteiger partial charge in [0.2, 0.25) is 0 Å². The Balaban J connectivity index is 0.00000147. The summed E-state index contributed by atoms with van der Waals surface area (Å²) in [6.07, 6.45) is 2.57. The van der Waals surface area contributed by atoms with Gasteiger partial charge in [0.25, 0.3) is 5.91 Å². The van der Waals surface area contributed by atoms with Gasteiger partial charge in [0.1, 0.15) is 5.75 Å². The van der Waals surface area contributed by atoms with E-state index >= 15 is 0 Å². The second-order valence-electron chi connectivity index (χ2n) is 5.30. The van der Waals surface area contributed by atoms with Gasteiger partial charge in [0.15, 0.2) is 6.10 Å². The minimum Gasteiger partial charge on any atom is -0.480 e. The van der Waals surface area contributed by atoms with Gasteiger partial charge in [0, 0.05) is 25.6 Å². The lowest BCUT2D eigenvalue weighted by Gasteiger charge is -2.26. The molecule has 2 unspecified atom stereocenters. The Labute approximate surface area is 125 Å². The first-order valence-electron chi connectivity index (χ1n) is 6.99. The van der Waals surface area contributed by atoms with Gasteiger partial charge in [-0.15, -0.1) is 12.4 Å². The standard InChI is InChI=1S/C15H20N2O2.ClH/c1-16-10-12-6-4-8-17(12)15(18)14-9-11-5-2-3-7-13(11)19-14;/h2-3,5,7,12,14,16H,4,6,8-10H2,1H3;1H.